The molecule has 28 heavy (non-hydrogen) atoms. The van der Waals surface area contributed by atoms with Gasteiger partial charge in [-0.25, -0.2) is 0 Å². The monoisotopic (exact) mass is 504 g/mol. The van der Waals surface area contributed by atoms with Gasteiger partial charge in [0.2, 0.25) is 0 Å². The predicted octanol–water partition coefficient (Wildman–Crippen LogP) is 3.03. The van der Waals surface area contributed by atoms with Crippen molar-refractivity contribution >= 4 is 29.9 Å². The maximum Gasteiger partial charge on any atom is 0.191 e. The first-order valence-electron chi connectivity index (χ1n) is 9.93. The SMILES string of the molecule is CN=C(NCc1ccc(C)cc1OC)NCC(CC(C)C)N1CCOCC1.I. The molecule has 0 aromatic heterocycles. The zero-order valence-electron chi connectivity index (χ0n) is 18.0. The van der Waals surface area contributed by atoms with Crippen LogP contribution in [-0.2, 0) is 11.3 Å². The molecule has 1 fully saturated rings. The number of hydrogen-bond donors (Lipinski definition) is 2. The Morgan fingerprint density at radius 2 is 1.96 bits per heavy atom. The molecule has 1 atom stereocenters. The number of aryl methyl sites for hydroxylation is 1. The van der Waals surface area contributed by atoms with Crippen LogP contribution in [0.25, 0.3) is 0 Å². The number of nitrogens with one attached hydrogen (secondary N) is 2. The summed E-state index contributed by atoms with van der Waals surface area (Å²) in [4.78, 5) is 6.92. The molecule has 6 nitrogen and oxygen atoms in total. The molecule has 1 aliphatic heterocycles. The number of hydrogen-bond acceptors (Lipinski definition) is 4. The Morgan fingerprint density at radius 1 is 1.25 bits per heavy atom. The molecule has 1 unspecified atom stereocenters. The van der Waals surface area contributed by atoms with Crippen LogP contribution < -0.4 is 15.4 Å². The first-order chi connectivity index (χ1) is 13.0. The van der Waals surface area contributed by atoms with Gasteiger partial charge in [0.25, 0.3) is 0 Å². The van der Waals surface area contributed by atoms with Gasteiger partial charge in [-0.2, -0.15) is 0 Å². The van der Waals surface area contributed by atoms with Crippen molar-refractivity contribution in [3.05, 3.63) is 29.3 Å². The van der Waals surface area contributed by atoms with Gasteiger partial charge < -0.3 is 20.1 Å². The maximum atomic E-state index is 5.51. The number of aliphatic imine (C=N–C) groups is 1. The molecule has 160 valence electrons. The van der Waals surface area contributed by atoms with E-state index in [4.69, 9.17) is 9.47 Å². The van der Waals surface area contributed by atoms with E-state index in [-0.39, 0.29) is 24.0 Å². The molecule has 2 rings (SSSR count). The van der Waals surface area contributed by atoms with Crippen molar-refractivity contribution < 1.29 is 9.47 Å². The van der Waals surface area contributed by atoms with E-state index < -0.39 is 0 Å². The standard InChI is InChI=1S/C21H36N4O2.HI/c1-16(2)12-19(25-8-10-27-11-9-25)15-24-21(22-4)23-14-18-7-6-17(3)13-20(18)26-5;/h6-7,13,16,19H,8-12,14-15H2,1-5H3,(H2,22,23,24);1H. The highest BCUT2D eigenvalue weighted by molar-refractivity contribution is 14.0. The van der Waals surface area contributed by atoms with Crippen LogP contribution in [0.5, 0.6) is 5.75 Å². The summed E-state index contributed by atoms with van der Waals surface area (Å²) < 4.78 is 11.0. The first-order valence-corrected chi connectivity index (χ1v) is 9.93. The van der Waals surface area contributed by atoms with Gasteiger partial charge in [0.15, 0.2) is 5.96 Å². The molecular formula is C21H37IN4O2. The van der Waals surface area contributed by atoms with Crippen LogP contribution in [0.1, 0.15) is 31.4 Å². The molecule has 0 aliphatic carbocycles. The van der Waals surface area contributed by atoms with Crippen LogP contribution in [0.15, 0.2) is 23.2 Å². The summed E-state index contributed by atoms with van der Waals surface area (Å²) >= 11 is 0. The van der Waals surface area contributed by atoms with E-state index >= 15 is 0 Å². The van der Waals surface area contributed by atoms with E-state index in [9.17, 15) is 0 Å². The summed E-state index contributed by atoms with van der Waals surface area (Å²) in [6.07, 6.45) is 1.16. The summed E-state index contributed by atoms with van der Waals surface area (Å²) in [6, 6.07) is 6.75. The molecule has 1 heterocycles. The van der Waals surface area contributed by atoms with Crippen molar-refractivity contribution in [2.75, 3.05) is 47.0 Å². The minimum absolute atomic E-state index is 0. The molecule has 0 radical (unpaired) electrons. The van der Waals surface area contributed by atoms with Crippen LogP contribution >= 0.6 is 24.0 Å². The Bertz CT molecular complexity index is 604. The molecule has 0 spiro atoms. The van der Waals surface area contributed by atoms with E-state index in [1.807, 2.05) is 7.05 Å². The van der Waals surface area contributed by atoms with Crippen LogP contribution in [0.4, 0.5) is 0 Å². The van der Waals surface area contributed by atoms with E-state index in [1.165, 1.54) is 5.56 Å². The van der Waals surface area contributed by atoms with Gasteiger partial charge in [-0.1, -0.05) is 26.0 Å². The van der Waals surface area contributed by atoms with Crippen molar-refractivity contribution in [3.8, 4) is 5.75 Å². The fourth-order valence-corrected chi connectivity index (χ4v) is 3.46. The fourth-order valence-electron chi connectivity index (χ4n) is 3.46. The molecule has 0 bridgehead atoms. The molecule has 1 aliphatic rings. The Balaban J connectivity index is 0.00000392. The van der Waals surface area contributed by atoms with Crippen molar-refractivity contribution in [1.82, 2.24) is 15.5 Å². The summed E-state index contributed by atoms with van der Waals surface area (Å²) in [5, 5.41) is 6.91. The van der Waals surface area contributed by atoms with Crippen LogP contribution in [0, 0.1) is 12.8 Å². The number of guanidine groups is 1. The molecule has 1 aromatic carbocycles. The highest BCUT2D eigenvalue weighted by atomic mass is 127. The van der Waals surface area contributed by atoms with Crippen LogP contribution in [0.3, 0.4) is 0 Å². The van der Waals surface area contributed by atoms with Gasteiger partial charge in [-0.15, -0.1) is 24.0 Å². The minimum Gasteiger partial charge on any atom is -0.496 e. The number of halogens is 1. The van der Waals surface area contributed by atoms with Crippen molar-refractivity contribution in [1.29, 1.82) is 0 Å². The molecular weight excluding hydrogens is 467 g/mol. The summed E-state index contributed by atoms with van der Waals surface area (Å²) in [5.74, 6) is 2.38. The lowest BCUT2D eigenvalue weighted by molar-refractivity contribution is 0.0132. The summed E-state index contributed by atoms with van der Waals surface area (Å²) in [7, 11) is 3.53. The molecule has 2 N–H and O–H groups in total. The number of benzene rings is 1. The lowest BCUT2D eigenvalue weighted by Crippen LogP contribution is -2.50. The van der Waals surface area contributed by atoms with Crippen molar-refractivity contribution in [2.24, 2.45) is 10.9 Å². The van der Waals surface area contributed by atoms with E-state index in [0.717, 1.165) is 56.5 Å². The third-order valence-electron chi connectivity index (χ3n) is 4.92. The Kier molecular flexibility index (Phi) is 11.8. The second kappa shape index (κ2) is 13.2. The zero-order valence-corrected chi connectivity index (χ0v) is 20.3. The minimum atomic E-state index is 0. The Labute approximate surface area is 187 Å². The third-order valence-corrected chi connectivity index (χ3v) is 4.92. The number of morpholine rings is 1. The predicted molar refractivity (Wildman–Crippen MR) is 127 cm³/mol. The zero-order chi connectivity index (χ0) is 19.6. The smallest absolute Gasteiger partial charge is 0.191 e. The normalized spacial score (nSPS) is 16.4. The number of methoxy groups -OCH3 is 1. The van der Waals surface area contributed by atoms with Crippen molar-refractivity contribution in [3.63, 3.8) is 0 Å². The van der Waals surface area contributed by atoms with Gasteiger partial charge in [-0.05, 0) is 30.9 Å². The fraction of sp³-hybridized carbons (Fsp3) is 0.667. The topological polar surface area (TPSA) is 58.1 Å². The number of rotatable bonds is 8. The second-order valence-electron chi connectivity index (χ2n) is 7.55. The van der Waals surface area contributed by atoms with Gasteiger partial charge in [-0.3, -0.25) is 9.89 Å². The average Bonchev–Trinajstić information content (AvgIpc) is 2.68. The number of ether oxygens (including phenoxy) is 2. The summed E-state index contributed by atoms with van der Waals surface area (Å²) in [6.45, 7) is 11.9. The maximum absolute atomic E-state index is 5.51. The quantitative estimate of drug-likeness (QED) is 0.324. The Hall–Kier alpha value is -1.06. The van der Waals surface area contributed by atoms with Crippen LogP contribution in [-0.4, -0.2) is 63.9 Å². The largest absolute Gasteiger partial charge is 0.496 e. The molecule has 1 aromatic rings. The van der Waals surface area contributed by atoms with Crippen molar-refractivity contribution in [2.45, 2.75) is 39.8 Å². The van der Waals surface area contributed by atoms with Gasteiger partial charge in [0, 0.05) is 44.8 Å². The number of nitrogens with zero attached hydrogens (tertiary/aromatic N) is 2. The molecule has 0 amide bonds. The lowest BCUT2D eigenvalue weighted by atomic mass is 10.0. The second-order valence-corrected chi connectivity index (χ2v) is 7.55. The first kappa shape index (κ1) is 25.0. The van der Waals surface area contributed by atoms with Gasteiger partial charge in [0.1, 0.15) is 5.75 Å². The van der Waals surface area contributed by atoms with Gasteiger partial charge >= 0.3 is 0 Å². The summed E-state index contributed by atoms with van der Waals surface area (Å²) in [5.41, 5.74) is 2.32. The molecule has 0 saturated carbocycles. The Morgan fingerprint density at radius 3 is 2.57 bits per heavy atom. The third kappa shape index (κ3) is 8.13. The van der Waals surface area contributed by atoms with E-state index in [1.54, 1.807) is 7.11 Å². The van der Waals surface area contributed by atoms with Gasteiger partial charge in [0.05, 0.1) is 20.3 Å². The van der Waals surface area contributed by atoms with E-state index in [0.29, 0.717) is 18.5 Å². The highest BCUT2D eigenvalue weighted by Gasteiger charge is 2.22. The molecule has 1 saturated heterocycles. The molecule has 7 heteroatoms. The highest BCUT2D eigenvalue weighted by Crippen LogP contribution is 2.19. The lowest BCUT2D eigenvalue weighted by Gasteiger charge is -2.35. The van der Waals surface area contributed by atoms with Crippen LogP contribution in [0.2, 0.25) is 0 Å². The average molecular weight is 504 g/mol. The van der Waals surface area contributed by atoms with E-state index in [2.05, 4.69) is 59.5 Å².